The number of nitrogens with one attached hydrogen (secondary N) is 1. The molecule has 1 heterocycles. The highest BCUT2D eigenvalue weighted by Crippen LogP contribution is 2.19. The largest absolute Gasteiger partial charge is 0.383 e. The Balaban J connectivity index is 1.83. The second-order valence-electron chi connectivity index (χ2n) is 5.59. The van der Waals surface area contributed by atoms with Crippen molar-refractivity contribution in [3.8, 4) is 0 Å². The van der Waals surface area contributed by atoms with Crippen LogP contribution in [0.1, 0.15) is 37.7 Å². The second kappa shape index (κ2) is 8.98. The lowest BCUT2D eigenvalue weighted by atomic mass is 10.1. The summed E-state index contributed by atoms with van der Waals surface area (Å²) in [4.78, 5) is 2.54. The van der Waals surface area contributed by atoms with Crippen molar-refractivity contribution in [2.75, 3.05) is 38.3 Å². The molecule has 0 saturated carbocycles. The maximum Gasteiger partial charge on any atom is 0.0587 e. The highest BCUT2D eigenvalue weighted by atomic mass is 16.5. The van der Waals surface area contributed by atoms with E-state index in [0.29, 0.717) is 0 Å². The smallest absolute Gasteiger partial charge is 0.0587 e. The number of anilines is 1. The molecule has 3 nitrogen and oxygen atoms in total. The Labute approximate surface area is 123 Å². The topological polar surface area (TPSA) is 24.5 Å². The highest BCUT2D eigenvalue weighted by Gasteiger charge is 2.08. The van der Waals surface area contributed by atoms with Gasteiger partial charge >= 0.3 is 0 Å². The van der Waals surface area contributed by atoms with Gasteiger partial charge in [0.15, 0.2) is 0 Å². The molecule has 0 aromatic heterocycles. The molecule has 0 spiro atoms. The molecule has 20 heavy (non-hydrogen) atoms. The van der Waals surface area contributed by atoms with E-state index in [2.05, 4.69) is 34.5 Å². The number of hydrogen-bond acceptors (Lipinski definition) is 3. The van der Waals surface area contributed by atoms with Crippen LogP contribution in [-0.2, 0) is 11.3 Å². The Kier molecular flexibility index (Phi) is 6.89. The number of methoxy groups -OCH3 is 1. The lowest BCUT2D eigenvalue weighted by molar-refractivity contribution is 0.199. The normalized spacial score (nSPS) is 16.8. The van der Waals surface area contributed by atoms with E-state index >= 15 is 0 Å². The molecule has 1 aromatic carbocycles. The molecule has 1 aliphatic rings. The summed E-state index contributed by atoms with van der Waals surface area (Å²) < 4.78 is 5.03. The summed E-state index contributed by atoms with van der Waals surface area (Å²) in [5.74, 6) is 0. The molecular weight excluding hydrogens is 248 g/mol. The first-order valence-corrected chi connectivity index (χ1v) is 7.94. The van der Waals surface area contributed by atoms with Crippen molar-refractivity contribution in [1.29, 1.82) is 0 Å². The number of nitrogens with zero attached hydrogens (tertiary/aromatic N) is 1. The molecule has 0 atom stereocenters. The monoisotopic (exact) mass is 276 g/mol. The lowest BCUT2D eigenvalue weighted by Gasteiger charge is -2.27. The van der Waals surface area contributed by atoms with Gasteiger partial charge in [0.05, 0.1) is 6.61 Å². The Morgan fingerprint density at radius 2 is 1.65 bits per heavy atom. The summed E-state index contributed by atoms with van der Waals surface area (Å²) in [5.41, 5.74) is 2.73. The van der Waals surface area contributed by atoms with Crippen molar-refractivity contribution in [2.24, 2.45) is 0 Å². The molecule has 1 N–H and O–H groups in total. The van der Waals surface area contributed by atoms with Crippen LogP contribution in [0.25, 0.3) is 0 Å². The van der Waals surface area contributed by atoms with Gasteiger partial charge in [-0.25, -0.2) is 0 Å². The molecule has 1 aromatic rings. The molecular formula is C17H28N2O. The molecule has 2 rings (SSSR count). The summed E-state index contributed by atoms with van der Waals surface area (Å²) in [6, 6.07) is 9.03. The summed E-state index contributed by atoms with van der Waals surface area (Å²) in [7, 11) is 1.74. The fourth-order valence-corrected chi connectivity index (χ4v) is 2.74. The van der Waals surface area contributed by atoms with E-state index < -0.39 is 0 Å². The first kappa shape index (κ1) is 15.3. The van der Waals surface area contributed by atoms with Crippen LogP contribution in [0.15, 0.2) is 24.3 Å². The standard InChI is InChI=1S/C17H28N2O/c1-20-14-11-18-15-16-7-9-17(10-8-16)19-12-5-3-2-4-6-13-19/h7-10,18H,2-6,11-15H2,1H3. The van der Waals surface area contributed by atoms with Crippen LogP contribution < -0.4 is 10.2 Å². The lowest BCUT2D eigenvalue weighted by Crippen LogP contribution is -2.27. The minimum atomic E-state index is 0.770. The van der Waals surface area contributed by atoms with Gasteiger partial charge in [-0.05, 0) is 30.5 Å². The van der Waals surface area contributed by atoms with Crippen molar-refractivity contribution in [2.45, 2.75) is 38.6 Å². The van der Waals surface area contributed by atoms with Crippen LogP contribution >= 0.6 is 0 Å². The average Bonchev–Trinajstić information content (AvgIpc) is 2.44. The molecule has 0 amide bonds. The van der Waals surface area contributed by atoms with Crippen LogP contribution in [0.5, 0.6) is 0 Å². The Bertz CT molecular complexity index is 356. The maximum absolute atomic E-state index is 5.03. The van der Waals surface area contributed by atoms with Crippen molar-refractivity contribution in [1.82, 2.24) is 5.32 Å². The zero-order chi connectivity index (χ0) is 14.0. The fraction of sp³-hybridized carbons (Fsp3) is 0.647. The minimum Gasteiger partial charge on any atom is -0.383 e. The van der Waals surface area contributed by atoms with E-state index in [0.717, 1.165) is 19.7 Å². The van der Waals surface area contributed by atoms with Crippen molar-refractivity contribution < 1.29 is 4.74 Å². The summed E-state index contributed by atoms with van der Waals surface area (Å²) in [6.07, 6.45) is 6.86. The first-order chi connectivity index (χ1) is 9.90. The third-order valence-electron chi connectivity index (χ3n) is 3.97. The number of rotatable bonds is 6. The fourth-order valence-electron chi connectivity index (χ4n) is 2.74. The van der Waals surface area contributed by atoms with Crippen molar-refractivity contribution >= 4 is 5.69 Å². The minimum absolute atomic E-state index is 0.770. The molecule has 1 saturated heterocycles. The van der Waals surface area contributed by atoms with Gasteiger partial charge in [0.1, 0.15) is 0 Å². The van der Waals surface area contributed by atoms with Gasteiger partial charge in [-0.2, -0.15) is 0 Å². The number of hydrogen-bond donors (Lipinski definition) is 1. The first-order valence-electron chi connectivity index (χ1n) is 7.94. The van der Waals surface area contributed by atoms with E-state index in [1.165, 1.54) is 56.4 Å². The summed E-state index contributed by atoms with van der Waals surface area (Å²) >= 11 is 0. The second-order valence-corrected chi connectivity index (χ2v) is 5.59. The van der Waals surface area contributed by atoms with E-state index in [9.17, 15) is 0 Å². The molecule has 0 aliphatic carbocycles. The molecule has 0 unspecified atom stereocenters. The maximum atomic E-state index is 5.03. The predicted molar refractivity (Wildman–Crippen MR) is 85.3 cm³/mol. The molecule has 0 radical (unpaired) electrons. The molecule has 3 heteroatoms. The summed E-state index contributed by atoms with van der Waals surface area (Å²) in [5, 5.41) is 3.38. The Morgan fingerprint density at radius 1 is 1.00 bits per heavy atom. The Hall–Kier alpha value is -1.06. The molecule has 0 bridgehead atoms. The van der Waals surface area contributed by atoms with Gasteiger partial charge in [0.25, 0.3) is 0 Å². The predicted octanol–water partition coefficient (Wildman–Crippen LogP) is 3.19. The van der Waals surface area contributed by atoms with E-state index in [4.69, 9.17) is 4.74 Å². The molecule has 112 valence electrons. The molecule has 1 fully saturated rings. The van der Waals surface area contributed by atoms with Crippen LogP contribution in [0.4, 0.5) is 5.69 Å². The third kappa shape index (κ3) is 5.14. The van der Waals surface area contributed by atoms with Gasteiger partial charge < -0.3 is 15.0 Å². The number of ether oxygens (including phenoxy) is 1. The zero-order valence-corrected chi connectivity index (χ0v) is 12.7. The van der Waals surface area contributed by atoms with E-state index in [1.807, 2.05) is 0 Å². The zero-order valence-electron chi connectivity index (χ0n) is 12.7. The molecule has 1 aliphatic heterocycles. The van der Waals surface area contributed by atoms with E-state index in [1.54, 1.807) is 7.11 Å². The van der Waals surface area contributed by atoms with Crippen LogP contribution in [0.2, 0.25) is 0 Å². The van der Waals surface area contributed by atoms with Gasteiger partial charge in [0, 0.05) is 39.0 Å². The van der Waals surface area contributed by atoms with Crippen LogP contribution in [0, 0.1) is 0 Å². The van der Waals surface area contributed by atoms with Gasteiger partial charge in [-0.3, -0.25) is 0 Å². The van der Waals surface area contributed by atoms with Gasteiger partial charge in [0.2, 0.25) is 0 Å². The van der Waals surface area contributed by atoms with Crippen LogP contribution in [-0.4, -0.2) is 33.4 Å². The number of benzene rings is 1. The van der Waals surface area contributed by atoms with Crippen molar-refractivity contribution in [3.63, 3.8) is 0 Å². The summed E-state index contributed by atoms with van der Waals surface area (Å²) in [6.45, 7) is 5.02. The highest BCUT2D eigenvalue weighted by molar-refractivity contribution is 5.47. The van der Waals surface area contributed by atoms with E-state index in [-0.39, 0.29) is 0 Å². The SMILES string of the molecule is COCCNCc1ccc(N2CCCCCCC2)cc1. The quantitative estimate of drug-likeness (QED) is 0.808. The van der Waals surface area contributed by atoms with Gasteiger partial charge in [-0.1, -0.05) is 31.4 Å². The van der Waals surface area contributed by atoms with Gasteiger partial charge in [-0.15, -0.1) is 0 Å². The van der Waals surface area contributed by atoms with Crippen molar-refractivity contribution in [3.05, 3.63) is 29.8 Å². The average molecular weight is 276 g/mol. The Morgan fingerprint density at radius 3 is 2.30 bits per heavy atom. The third-order valence-corrected chi connectivity index (χ3v) is 3.97. The van der Waals surface area contributed by atoms with Crippen LogP contribution in [0.3, 0.4) is 0 Å².